The van der Waals surface area contributed by atoms with Crippen LogP contribution < -0.4 is 0 Å². The Labute approximate surface area is 80.0 Å². The fourth-order valence-corrected chi connectivity index (χ4v) is 1.47. The van der Waals surface area contributed by atoms with E-state index in [2.05, 4.69) is 22.5 Å². The number of rotatable bonds is 2. The van der Waals surface area contributed by atoms with Gasteiger partial charge < -0.3 is 0 Å². The summed E-state index contributed by atoms with van der Waals surface area (Å²) in [6.45, 7) is 3.65. The normalized spacial score (nSPS) is 9.64. The summed E-state index contributed by atoms with van der Waals surface area (Å²) in [6.07, 6.45) is 2.66. The molecule has 0 amide bonds. The summed E-state index contributed by atoms with van der Waals surface area (Å²) in [4.78, 5) is 0. The second-order valence-electron chi connectivity index (χ2n) is 2.21. The van der Waals surface area contributed by atoms with Crippen LogP contribution in [0.4, 0.5) is 0 Å². The van der Waals surface area contributed by atoms with E-state index in [0.29, 0.717) is 0 Å². The zero-order valence-electron chi connectivity index (χ0n) is 5.98. The summed E-state index contributed by atoms with van der Waals surface area (Å²) in [5.41, 5.74) is 1.11. The minimum atomic E-state index is 0.785. The van der Waals surface area contributed by atoms with Crippen LogP contribution in [0, 0.1) is 0 Å². The maximum absolute atomic E-state index is 5.98. The number of hydrogen-bond donors (Lipinski definition) is 0. The van der Waals surface area contributed by atoms with Gasteiger partial charge in [0.15, 0.2) is 0 Å². The van der Waals surface area contributed by atoms with E-state index in [1.165, 1.54) is 0 Å². The first-order chi connectivity index (χ1) is 5.25. The van der Waals surface area contributed by atoms with Crippen molar-refractivity contribution in [1.82, 2.24) is 0 Å². The van der Waals surface area contributed by atoms with Gasteiger partial charge in [-0.2, -0.15) is 0 Å². The number of halogens is 2. The van der Waals surface area contributed by atoms with E-state index < -0.39 is 0 Å². The topological polar surface area (TPSA) is 0 Å². The van der Waals surface area contributed by atoms with E-state index in [9.17, 15) is 0 Å². The summed E-state index contributed by atoms with van der Waals surface area (Å²) < 4.78 is 0.943. The first kappa shape index (κ1) is 8.82. The maximum Gasteiger partial charge on any atom is 0.0583 e. The van der Waals surface area contributed by atoms with Gasteiger partial charge in [0.1, 0.15) is 0 Å². The highest BCUT2D eigenvalue weighted by Gasteiger charge is 2.00. The standard InChI is InChI=1S/C9H8BrCl/c1-2-4-7-5-3-6-8(10)9(7)11/h2-3,5-6H,1,4H2. The fourth-order valence-electron chi connectivity index (χ4n) is 0.862. The molecule has 0 aliphatic heterocycles. The molecule has 0 bridgehead atoms. The third kappa shape index (κ3) is 2.08. The largest absolute Gasteiger partial charge is 0.103 e. The molecule has 0 heterocycles. The zero-order chi connectivity index (χ0) is 8.27. The SMILES string of the molecule is C=CCc1cccc(Br)c1Cl. The second kappa shape index (κ2) is 3.93. The highest BCUT2D eigenvalue weighted by Crippen LogP contribution is 2.26. The molecule has 0 saturated carbocycles. The van der Waals surface area contributed by atoms with Gasteiger partial charge in [0.05, 0.1) is 5.02 Å². The van der Waals surface area contributed by atoms with Gasteiger partial charge in [0.25, 0.3) is 0 Å². The van der Waals surface area contributed by atoms with Gasteiger partial charge >= 0.3 is 0 Å². The molecule has 1 rings (SSSR count). The lowest BCUT2D eigenvalue weighted by molar-refractivity contribution is 1.27. The molecular weight excluding hydrogens is 223 g/mol. The Kier molecular flexibility index (Phi) is 3.16. The highest BCUT2D eigenvalue weighted by atomic mass is 79.9. The van der Waals surface area contributed by atoms with Crippen LogP contribution >= 0.6 is 27.5 Å². The van der Waals surface area contributed by atoms with Crippen molar-refractivity contribution >= 4 is 27.5 Å². The molecule has 1 aromatic rings. The molecule has 0 radical (unpaired) electrons. The predicted octanol–water partition coefficient (Wildman–Crippen LogP) is 3.83. The molecule has 0 unspecified atom stereocenters. The van der Waals surface area contributed by atoms with Gasteiger partial charge in [-0.3, -0.25) is 0 Å². The van der Waals surface area contributed by atoms with Crippen LogP contribution in [0.25, 0.3) is 0 Å². The third-order valence-corrected chi connectivity index (χ3v) is 2.73. The van der Waals surface area contributed by atoms with E-state index in [4.69, 9.17) is 11.6 Å². The van der Waals surface area contributed by atoms with Crippen molar-refractivity contribution in [3.8, 4) is 0 Å². The summed E-state index contributed by atoms with van der Waals surface area (Å²) in [6, 6.07) is 5.89. The van der Waals surface area contributed by atoms with E-state index >= 15 is 0 Å². The quantitative estimate of drug-likeness (QED) is 0.679. The Hall–Kier alpha value is -0.270. The van der Waals surface area contributed by atoms with Gasteiger partial charge in [-0.15, -0.1) is 6.58 Å². The van der Waals surface area contributed by atoms with Crippen molar-refractivity contribution in [3.05, 3.63) is 45.9 Å². The van der Waals surface area contributed by atoms with Crippen LogP contribution in [0.2, 0.25) is 5.02 Å². The van der Waals surface area contributed by atoms with Crippen LogP contribution in [-0.4, -0.2) is 0 Å². The van der Waals surface area contributed by atoms with Crippen molar-refractivity contribution in [2.75, 3.05) is 0 Å². The molecule has 0 fully saturated rings. The van der Waals surface area contributed by atoms with E-state index in [1.807, 2.05) is 24.3 Å². The van der Waals surface area contributed by atoms with E-state index in [-0.39, 0.29) is 0 Å². The van der Waals surface area contributed by atoms with Gasteiger partial charge in [0.2, 0.25) is 0 Å². The molecule has 0 aliphatic rings. The molecule has 0 saturated heterocycles. The average Bonchev–Trinajstić information content (AvgIpc) is 1.99. The predicted molar refractivity (Wildman–Crippen MR) is 53.1 cm³/mol. The zero-order valence-corrected chi connectivity index (χ0v) is 8.32. The Morgan fingerprint density at radius 3 is 2.91 bits per heavy atom. The number of hydrogen-bond acceptors (Lipinski definition) is 0. The van der Waals surface area contributed by atoms with Gasteiger partial charge in [-0.05, 0) is 34.0 Å². The molecule has 58 valence electrons. The second-order valence-corrected chi connectivity index (χ2v) is 3.44. The van der Waals surface area contributed by atoms with Crippen LogP contribution in [0.3, 0.4) is 0 Å². The molecule has 2 heteroatoms. The summed E-state index contributed by atoms with van der Waals surface area (Å²) >= 11 is 9.33. The minimum Gasteiger partial charge on any atom is -0.103 e. The molecule has 0 N–H and O–H groups in total. The van der Waals surface area contributed by atoms with Crippen molar-refractivity contribution in [2.24, 2.45) is 0 Å². The molecular formula is C9H8BrCl. The maximum atomic E-state index is 5.98. The lowest BCUT2D eigenvalue weighted by Crippen LogP contribution is -1.82. The average molecular weight is 232 g/mol. The van der Waals surface area contributed by atoms with Gasteiger partial charge in [-0.1, -0.05) is 29.8 Å². The molecule has 0 aromatic heterocycles. The van der Waals surface area contributed by atoms with Gasteiger partial charge in [0, 0.05) is 4.47 Å². The first-order valence-electron chi connectivity index (χ1n) is 3.29. The minimum absolute atomic E-state index is 0.785. The Balaban J connectivity index is 3.05. The Morgan fingerprint density at radius 1 is 1.55 bits per heavy atom. The van der Waals surface area contributed by atoms with E-state index in [1.54, 1.807) is 0 Å². The monoisotopic (exact) mass is 230 g/mol. The molecule has 0 atom stereocenters. The fraction of sp³-hybridized carbons (Fsp3) is 0.111. The molecule has 0 aliphatic carbocycles. The van der Waals surface area contributed by atoms with Gasteiger partial charge in [-0.25, -0.2) is 0 Å². The Bertz CT molecular complexity index is 268. The van der Waals surface area contributed by atoms with Crippen molar-refractivity contribution in [1.29, 1.82) is 0 Å². The van der Waals surface area contributed by atoms with Crippen molar-refractivity contribution < 1.29 is 0 Å². The van der Waals surface area contributed by atoms with E-state index in [0.717, 1.165) is 21.5 Å². The van der Waals surface area contributed by atoms with Crippen molar-refractivity contribution in [3.63, 3.8) is 0 Å². The number of benzene rings is 1. The van der Waals surface area contributed by atoms with Crippen LogP contribution in [0.5, 0.6) is 0 Å². The Morgan fingerprint density at radius 2 is 2.27 bits per heavy atom. The van der Waals surface area contributed by atoms with Crippen LogP contribution in [-0.2, 0) is 6.42 Å². The lowest BCUT2D eigenvalue weighted by Gasteiger charge is -2.01. The number of allylic oxidation sites excluding steroid dienone is 1. The van der Waals surface area contributed by atoms with Crippen molar-refractivity contribution in [2.45, 2.75) is 6.42 Å². The highest BCUT2D eigenvalue weighted by molar-refractivity contribution is 9.10. The molecule has 1 aromatic carbocycles. The van der Waals surface area contributed by atoms with Crippen LogP contribution in [0.1, 0.15) is 5.56 Å². The van der Waals surface area contributed by atoms with Crippen LogP contribution in [0.15, 0.2) is 35.3 Å². The molecule has 0 spiro atoms. The summed E-state index contributed by atoms with van der Waals surface area (Å²) in [7, 11) is 0. The third-order valence-electron chi connectivity index (χ3n) is 1.40. The summed E-state index contributed by atoms with van der Waals surface area (Å²) in [5, 5.41) is 0.785. The molecule has 0 nitrogen and oxygen atoms in total. The molecule has 11 heavy (non-hydrogen) atoms. The summed E-state index contributed by atoms with van der Waals surface area (Å²) in [5.74, 6) is 0. The lowest BCUT2D eigenvalue weighted by atomic mass is 10.1. The smallest absolute Gasteiger partial charge is 0.0583 e. The first-order valence-corrected chi connectivity index (χ1v) is 4.46.